The predicted molar refractivity (Wildman–Crippen MR) is 87.5 cm³/mol. The van der Waals surface area contributed by atoms with Crippen molar-refractivity contribution in [3.05, 3.63) is 11.4 Å². The Balaban J connectivity index is 2.72. The number of hydrogen-bond donors (Lipinski definition) is 3. The molecule has 120 valence electrons. The third-order valence-corrected chi connectivity index (χ3v) is 3.27. The first-order valence-corrected chi connectivity index (χ1v) is 7.48. The highest BCUT2D eigenvalue weighted by Crippen LogP contribution is 2.25. The summed E-state index contributed by atoms with van der Waals surface area (Å²) in [5.41, 5.74) is 3.49. The van der Waals surface area contributed by atoms with Gasteiger partial charge in [-0.2, -0.15) is 0 Å². The lowest BCUT2D eigenvalue weighted by atomic mass is 9.95. The fraction of sp³-hybridized carbons (Fsp3) is 0.733. The van der Waals surface area contributed by atoms with Gasteiger partial charge in [-0.05, 0) is 26.2 Å². The van der Waals surface area contributed by atoms with Crippen molar-refractivity contribution in [2.75, 3.05) is 31.0 Å². The molecule has 1 heterocycles. The van der Waals surface area contributed by atoms with Gasteiger partial charge in [0.05, 0.1) is 0 Å². The summed E-state index contributed by atoms with van der Waals surface area (Å²) in [6, 6.07) is 0. The normalized spacial score (nSPS) is 11.5. The Bertz CT molecular complexity index is 442. The maximum atomic E-state index is 5.56. The maximum Gasteiger partial charge on any atom is 0.148 e. The Hall–Kier alpha value is -1.40. The van der Waals surface area contributed by atoms with Crippen LogP contribution >= 0.6 is 0 Å². The van der Waals surface area contributed by atoms with E-state index in [4.69, 9.17) is 10.6 Å². The molecule has 6 nitrogen and oxygen atoms in total. The van der Waals surface area contributed by atoms with Crippen LogP contribution in [0.3, 0.4) is 0 Å². The molecule has 1 rings (SSSR count). The van der Waals surface area contributed by atoms with Gasteiger partial charge in [0, 0.05) is 31.2 Å². The number of methoxy groups -OCH3 is 1. The summed E-state index contributed by atoms with van der Waals surface area (Å²) in [6.07, 6.45) is 3.31. The predicted octanol–water partition coefficient (Wildman–Crippen LogP) is 2.60. The molecular formula is C15H29N5O. The Labute approximate surface area is 127 Å². The zero-order valence-corrected chi connectivity index (χ0v) is 13.9. The number of nitrogens with two attached hydrogens (primary N) is 1. The monoisotopic (exact) mass is 295 g/mol. The topological polar surface area (TPSA) is 85.1 Å². The molecular weight excluding hydrogens is 266 g/mol. The van der Waals surface area contributed by atoms with E-state index in [1.165, 1.54) is 0 Å². The van der Waals surface area contributed by atoms with Crippen LogP contribution in [0.4, 0.5) is 11.6 Å². The van der Waals surface area contributed by atoms with Crippen LogP contribution in [0.1, 0.15) is 51.4 Å². The summed E-state index contributed by atoms with van der Waals surface area (Å²) >= 11 is 0. The van der Waals surface area contributed by atoms with Gasteiger partial charge in [0.25, 0.3) is 0 Å². The van der Waals surface area contributed by atoms with E-state index in [0.29, 0.717) is 5.82 Å². The van der Waals surface area contributed by atoms with Crippen molar-refractivity contribution >= 4 is 11.6 Å². The smallest absolute Gasteiger partial charge is 0.148 e. The number of aromatic nitrogens is 2. The molecule has 0 aliphatic rings. The molecule has 0 fully saturated rings. The largest absolute Gasteiger partial charge is 0.385 e. The van der Waals surface area contributed by atoms with Crippen LogP contribution in [0.15, 0.2) is 0 Å². The molecule has 0 atom stereocenters. The van der Waals surface area contributed by atoms with Gasteiger partial charge in [-0.25, -0.2) is 15.8 Å². The molecule has 1 aromatic heterocycles. The molecule has 0 saturated carbocycles. The van der Waals surface area contributed by atoms with Crippen LogP contribution in [-0.4, -0.2) is 30.2 Å². The summed E-state index contributed by atoms with van der Waals surface area (Å²) in [6.45, 7) is 9.94. The average Bonchev–Trinajstić information content (AvgIpc) is 2.43. The van der Waals surface area contributed by atoms with Crippen LogP contribution in [0.25, 0.3) is 0 Å². The number of hydrogen-bond acceptors (Lipinski definition) is 6. The average molecular weight is 295 g/mol. The first kappa shape index (κ1) is 17.7. The second-order valence-electron chi connectivity index (χ2n) is 6.24. The third kappa shape index (κ3) is 5.47. The lowest BCUT2D eigenvalue weighted by Crippen LogP contribution is -2.21. The Morgan fingerprint density at radius 1 is 1.10 bits per heavy atom. The lowest BCUT2D eigenvalue weighted by molar-refractivity contribution is 0.192. The molecule has 4 N–H and O–H groups in total. The summed E-state index contributed by atoms with van der Waals surface area (Å²) in [7, 11) is 1.73. The van der Waals surface area contributed by atoms with Crippen LogP contribution in [0.2, 0.25) is 0 Å². The zero-order chi connectivity index (χ0) is 15.9. The van der Waals surface area contributed by atoms with Crippen molar-refractivity contribution in [1.82, 2.24) is 9.97 Å². The van der Waals surface area contributed by atoms with E-state index in [-0.39, 0.29) is 5.41 Å². The van der Waals surface area contributed by atoms with Gasteiger partial charge in [0.15, 0.2) is 0 Å². The van der Waals surface area contributed by atoms with Crippen LogP contribution in [-0.2, 0) is 10.2 Å². The summed E-state index contributed by atoms with van der Waals surface area (Å²) in [4.78, 5) is 9.13. The Morgan fingerprint density at radius 2 is 1.76 bits per heavy atom. The van der Waals surface area contributed by atoms with E-state index in [1.54, 1.807) is 7.11 Å². The van der Waals surface area contributed by atoms with Crippen molar-refractivity contribution in [2.24, 2.45) is 5.84 Å². The summed E-state index contributed by atoms with van der Waals surface area (Å²) in [5, 5.41) is 3.39. The first-order valence-electron chi connectivity index (χ1n) is 7.48. The van der Waals surface area contributed by atoms with Crippen molar-refractivity contribution in [3.8, 4) is 0 Å². The molecule has 21 heavy (non-hydrogen) atoms. The van der Waals surface area contributed by atoms with Crippen LogP contribution in [0, 0.1) is 6.92 Å². The van der Waals surface area contributed by atoms with Crippen molar-refractivity contribution in [3.63, 3.8) is 0 Å². The highest BCUT2D eigenvalue weighted by Gasteiger charge is 2.20. The molecule has 0 saturated heterocycles. The summed E-state index contributed by atoms with van der Waals surface area (Å²) in [5.74, 6) is 7.87. The highest BCUT2D eigenvalue weighted by molar-refractivity contribution is 5.57. The number of hydrazine groups is 1. The van der Waals surface area contributed by atoms with E-state index >= 15 is 0 Å². The number of nitrogens with one attached hydrogen (secondary N) is 2. The van der Waals surface area contributed by atoms with E-state index < -0.39 is 0 Å². The van der Waals surface area contributed by atoms with Gasteiger partial charge < -0.3 is 15.5 Å². The number of nitrogen functional groups attached to an aromatic ring is 1. The van der Waals surface area contributed by atoms with Gasteiger partial charge in [-0.15, -0.1) is 0 Å². The fourth-order valence-electron chi connectivity index (χ4n) is 1.92. The van der Waals surface area contributed by atoms with Crippen LogP contribution < -0.4 is 16.6 Å². The molecule has 0 amide bonds. The van der Waals surface area contributed by atoms with E-state index in [9.17, 15) is 0 Å². The van der Waals surface area contributed by atoms with Gasteiger partial charge in [-0.3, -0.25) is 0 Å². The molecule has 0 spiro atoms. The van der Waals surface area contributed by atoms with E-state index in [1.807, 2.05) is 6.92 Å². The van der Waals surface area contributed by atoms with Gasteiger partial charge in [0.2, 0.25) is 0 Å². The number of nitrogens with zero attached hydrogens (tertiary/aromatic N) is 2. The minimum atomic E-state index is -0.117. The van der Waals surface area contributed by atoms with Crippen molar-refractivity contribution in [2.45, 2.75) is 52.4 Å². The van der Waals surface area contributed by atoms with Crippen molar-refractivity contribution < 1.29 is 4.74 Å². The molecule has 0 aliphatic carbocycles. The molecule has 0 radical (unpaired) electrons. The van der Waals surface area contributed by atoms with Gasteiger partial charge >= 0.3 is 0 Å². The molecule has 1 aromatic rings. The van der Waals surface area contributed by atoms with Crippen LogP contribution in [0.5, 0.6) is 0 Å². The standard InChI is InChI=1S/C15H29N5O/c1-11-12(17-9-7-6-8-10-21-5)18-14(15(2,3)4)19-13(11)20-16/h6-10,16H2,1-5H3,(H2,17,18,19,20). The van der Waals surface area contributed by atoms with E-state index in [0.717, 1.165) is 49.6 Å². The number of unbranched alkanes of at least 4 members (excludes halogenated alkanes) is 2. The fourth-order valence-corrected chi connectivity index (χ4v) is 1.92. The second-order valence-corrected chi connectivity index (χ2v) is 6.24. The number of rotatable bonds is 8. The van der Waals surface area contributed by atoms with Gasteiger partial charge in [0.1, 0.15) is 17.5 Å². The number of ether oxygens (including phenoxy) is 1. The molecule has 0 unspecified atom stereocenters. The zero-order valence-electron chi connectivity index (χ0n) is 13.9. The third-order valence-electron chi connectivity index (χ3n) is 3.27. The maximum absolute atomic E-state index is 5.56. The minimum Gasteiger partial charge on any atom is -0.385 e. The minimum absolute atomic E-state index is 0.117. The second kappa shape index (κ2) is 8.14. The quantitative estimate of drug-likeness (QED) is 0.388. The Morgan fingerprint density at radius 3 is 2.33 bits per heavy atom. The molecule has 0 bridgehead atoms. The molecule has 0 aliphatic heterocycles. The first-order chi connectivity index (χ1) is 9.90. The Kier molecular flexibility index (Phi) is 6.84. The molecule has 6 heteroatoms. The summed E-state index contributed by atoms with van der Waals surface area (Å²) < 4.78 is 5.05. The molecule has 0 aromatic carbocycles. The number of anilines is 2. The van der Waals surface area contributed by atoms with Crippen molar-refractivity contribution in [1.29, 1.82) is 0 Å². The lowest BCUT2D eigenvalue weighted by Gasteiger charge is -2.20. The van der Waals surface area contributed by atoms with E-state index in [2.05, 4.69) is 41.5 Å². The highest BCUT2D eigenvalue weighted by atomic mass is 16.5. The van der Waals surface area contributed by atoms with Gasteiger partial charge in [-0.1, -0.05) is 20.8 Å². The SMILES string of the molecule is COCCCCCNc1nc(C(C)(C)C)nc(NN)c1C.